The number of benzene rings is 3. The van der Waals surface area contributed by atoms with Gasteiger partial charge in [-0.1, -0.05) is 41.4 Å². The third kappa shape index (κ3) is 5.34. The molecule has 0 atom stereocenters. The second-order valence-electron chi connectivity index (χ2n) is 6.43. The fourth-order valence-corrected chi connectivity index (χ4v) is 3.87. The molecule has 0 saturated carbocycles. The normalized spacial score (nSPS) is 11.1. The van der Waals surface area contributed by atoms with Gasteiger partial charge in [-0.05, 0) is 55.0 Å². The lowest BCUT2D eigenvalue weighted by molar-refractivity contribution is 0.0951. The molecule has 0 radical (unpaired) electrons. The molecule has 0 spiro atoms. The summed E-state index contributed by atoms with van der Waals surface area (Å²) >= 11 is 6.11. The van der Waals surface area contributed by atoms with E-state index < -0.39 is 21.7 Å². The second kappa shape index (κ2) is 8.63. The maximum atomic E-state index is 13.3. The van der Waals surface area contributed by atoms with E-state index in [1.54, 1.807) is 24.3 Å². The van der Waals surface area contributed by atoms with E-state index in [2.05, 4.69) is 10.0 Å². The average molecular weight is 433 g/mol. The Morgan fingerprint density at radius 3 is 2.45 bits per heavy atom. The van der Waals surface area contributed by atoms with Gasteiger partial charge in [-0.3, -0.25) is 9.52 Å². The van der Waals surface area contributed by atoms with Crippen LogP contribution in [0.25, 0.3) is 0 Å². The molecular weight excluding hydrogens is 415 g/mol. The Morgan fingerprint density at radius 1 is 1.03 bits per heavy atom. The Bertz CT molecular complexity index is 1150. The monoisotopic (exact) mass is 432 g/mol. The Hall–Kier alpha value is -2.90. The van der Waals surface area contributed by atoms with Crippen molar-refractivity contribution in [2.75, 3.05) is 4.72 Å². The summed E-state index contributed by atoms with van der Waals surface area (Å²) in [6.07, 6.45) is 0. The first-order chi connectivity index (χ1) is 13.7. The van der Waals surface area contributed by atoms with E-state index in [0.29, 0.717) is 5.56 Å². The Balaban J connectivity index is 1.76. The zero-order valence-electron chi connectivity index (χ0n) is 15.4. The number of anilines is 1. The van der Waals surface area contributed by atoms with E-state index in [9.17, 15) is 17.6 Å². The van der Waals surface area contributed by atoms with Crippen molar-refractivity contribution < 1.29 is 17.6 Å². The number of nitrogens with one attached hydrogen (secondary N) is 2. The van der Waals surface area contributed by atoms with Gasteiger partial charge in [0.15, 0.2) is 0 Å². The minimum Gasteiger partial charge on any atom is -0.348 e. The molecule has 3 rings (SSSR count). The summed E-state index contributed by atoms with van der Waals surface area (Å²) in [5.41, 5.74) is 1.83. The van der Waals surface area contributed by atoms with Crippen molar-refractivity contribution in [1.82, 2.24) is 5.32 Å². The molecule has 3 aromatic rings. The number of carbonyl (C=O) groups excluding carboxylic acids is 1. The first-order valence-corrected chi connectivity index (χ1v) is 10.5. The molecular formula is C21H18ClFN2O3S. The number of rotatable bonds is 6. The van der Waals surface area contributed by atoms with E-state index in [-0.39, 0.29) is 27.7 Å². The molecule has 0 unspecified atom stereocenters. The first-order valence-electron chi connectivity index (χ1n) is 8.66. The van der Waals surface area contributed by atoms with Crippen LogP contribution in [0.15, 0.2) is 71.6 Å². The summed E-state index contributed by atoms with van der Waals surface area (Å²) in [5.74, 6) is -0.905. The van der Waals surface area contributed by atoms with E-state index in [0.717, 1.165) is 5.56 Å². The lowest BCUT2D eigenvalue weighted by Gasteiger charge is -2.11. The Kier molecular flexibility index (Phi) is 6.20. The summed E-state index contributed by atoms with van der Waals surface area (Å²) in [6.45, 7) is 1.96. The first kappa shape index (κ1) is 20.8. The summed E-state index contributed by atoms with van der Waals surface area (Å²) in [5, 5.41) is 2.81. The molecule has 0 saturated heterocycles. The highest BCUT2D eigenvalue weighted by molar-refractivity contribution is 7.92. The summed E-state index contributed by atoms with van der Waals surface area (Å²) in [7, 11) is -3.81. The van der Waals surface area contributed by atoms with Gasteiger partial charge in [0, 0.05) is 12.2 Å². The third-order valence-electron chi connectivity index (χ3n) is 4.14. The molecule has 2 N–H and O–H groups in total. The number of aryl methyl sites for hydroxylation is 1. The van der Waals surface area contributed by atoms with Crippen LogP contribution in [0.2, 0.25) is 5.02 Å². The molecule has 150 valence electrons. The number of amides is 1. The number of halogens is 2. The van der Waals surface area contributed by atoms with Crippen LogP contribution in [0.5, 0.6) is 0 Å². The van der Waals surface area contributed by atoms with Crippen molar-refractivity contribution >= 4 is 33.2 Å². The van der Waals surface area contributed by atoms with Crippen LogP contribution in [0, 0.1) is 12.7 Å². The van der Waals surface area contributed by atoms with Gasteiger partial charge in [0.2, 0.25) is 0 Å². The molecule has 0 aliphatic rings. The van der Waals surface area contributed by atoms with Crippen LogP contribution in [-0.2, 0) is 16.6 Å². The standard InChI is InChI=1S/C21H18ClFN2O3S/c1-14-5-8-18(9-6-14)29(27,28)25-17-7-10-20(22)19(12-17)21(26)24-13-15-3-2-4-16(23)11-15/h2-12,25H,13H2,1H3,(H,24,26). The molecule has 0 aliphatic carbocycles. The average Bonchev–Trinajstić information content (AvgIpc) is 2.68. The van der Waals surface area contributed by atoms with E-state index >= 15 is 0 Å². The fraction of sp³-hybridized carbons (Fsp3) is 0.0952. The smallest absolute Gasteiger partial charge is 0.261 e. The summed E-state index contributed by atoms with van der Waals surface area (Å²) < 4.78 is 40.8. The van der Waals surface area contributed by atoms with Crippen LogP contribution >= 0.6 is 11.6 Å². The van der Waals surface area contributed by atoms with Crippen LogP contribution < -0.4 is 10.0 Å². The van der Waals surface area contributed by atoms with Gasteiger partial charge < -0.3 is 5.32 Å². The van der Waals surface area contributed by atoms with Crippen molar-refractivity contribution in [2.24, 2.45) is 0 Å². The molecule has 0 aliphatic heterocycles. The van der Waals surface area contributed by atoms with E-state index in [1.165, 1.54) is 42.5 Å². The molecule has 0 fully saturated rings. The largest absolute Gasteiger partial charge is 0.348 e. The maximum Gasteiger partial charge on any atom is 0.261 e. The maximum absolute atomic E-state index is 13.3. The third-order valence-corrected chi connectivity index (χ3v) is 5.86. The predicted molar refractivity (Wildman–Crippen MR) is 111 cm³/mol. The zero-order valence-corrected chi connectivity index (χ0v) is 17.0. The van der Waals surface area contributed by atoms with Gasteiger partial charge >= 0.3 is 0 Å². The molecule has 3 aromatic carbocycles. The fourth-order valence-electron chi connectivity index (χ4n) is 2.62. The molecule has 5 nitrogen and oxygen atoms in total. The van der Waals surface area contributed by atoms with Gasteiger partial charge in [0.05, 0.1) is 15.5 Å². The minimum atomic E-state index is -3.81. The van der Waals surface area contributed by atoms with Crippen molar-refractivity contribution in [2.45, 2.75) is 18.4 Å². The van der Waals surface area contributed by atoms with Crippen molar-refractivity contribution in [3.63, 3.8) is 0 Å². The molecule has 1 amide bonds. The van der Waals surface area contributed by atoms with Crippen LogP contribution in [0.3, 0.4) is 0 Å². The predicted octanol–water partition coefficient (Wildman–Crippen LogP) is 4.52. The number of sulfonamides is 1. The highest BCUT2D eigenvalue weighted by atomic mass is 35.5. The highest BCUT2D eigenvalue weighted by Crippen LogP contribution is 2.23. The molecule has 0 heterocycles. The van der Waals surface area contributed by atoms with E-state index in [4.69, 9.17) is 11.6 Å². The molecule has 29 heavy (non-hydrogen) atoms. The van der Waals surface area contributed by atoms with Crippen molar-refractivity contribution in [3.05, 3.63) is 94.3 Å². The SMILES string of the molecule is Cc1ccc(S(=O)(=O)Nc2ccc(Cl)c(C(=O)NCc3cccc(F)c3)c2)cc1. The number of hydrogen-bond acceptors (Lipinski definition) is 3. The van der Waals surface area contributed by atoms with Crippen LogP contribution in [0.4, 0.5) is 10.1 Å². The lowest BCUT2D eigenvalue weighted by atomic mass is 10.1. The number of hydrogen-bond donors (Lipinski definition) is 2. The molecule has 8 heteroatoms. The van der Waals surface area contributed by atoms with Crippen molar-refractivity contribution in [3.8, 4) is 0 Å². The zero-order chi connectivity index (χ0) is 21.0. The quantitative estimate of drug-likeness (QED) is 0.601. The van der Waals surface area contributed by atoms with Crippen LogP contribution in [-0.4, -0.2) is 14.3 Å². The Morgan fingerprint density at radius 2 is 1.76 bits per heavy atom. The summed E-state index contributed by atoms with van der Waals surface area (Å²) in [4.78, 5) is 12.6. The minimum absolute atomic E-state index is 0.103. The van der Waals surface area contributed by atoms with Gasteiger partial charge in [0.1, 0.15) is 5.82 Å². The Labute approximate surface area is 173 Å². The van der Waals surface area contributed by atoms with Crippen molar-refractivity contribution in [1.29, 1.82) is 0 Å². The number of carbonyl (C=O) groups is 1. The molecule has 0 bridgehead atoms. The summed E-state index contributed by atoms with van der Waals surface area (Å²) in [6, 6.07) is 16.5. The van der Waals surface area contributed by atoms with Gasteiger partial charge in [-0.15, -0.1) is 0 Å². The highest BCUT2D eigenvalue weighted by Gasteiger charge is 2.17. The van der Waals surface area contributed by atoms with E-state index in [1.807, 2.05) is 6.92 Å². The lowest BCUT2D eigenvalue weighted by Crippen LogP contribution is -2.23. The van der Waals surface area contributed by atoms with Crippen LogP contribution in [0.1, 0.15) is 21.5 Å². The van der Waals surface area contributed by atoms with Gasteiger partial charge in [-0.25, -0.2) is 12.8 Å². The van der Waals surface area contributed by atoms with Gasteiger partial charge in [0.25, 0.3) is 15.9 Å². The molecule has 0 aromatic heterocycles. The topological polar surface area (TPSA) is 75.3 Å². The van der Waals surface area contributed by atoms with Gasteiger partial charge in [-0.2, -0.15) is 0 Å². The second-order valence-corrected chi connectivity index (χ2v) is 8.52.